The second kappa shape index (κ2) is 8.31. The van der Waals surface area contributed by atoms with Crippen LogP contribution in [0.4, 0.5) is 4.79 Å². The molecule has 26 heavy (non-hydrogen) atoms. The van der Waals surface area contributed by atoms with Crippen LogP contribution in [0.2, 0.25) is 0 Å². The average Bonchev–Trinajstić information content (AvgIpc) is 2.67. The Balaban J connectivity index is 1.65. The van der Waals surface area contributed by atoms with Gasteiger partial charge in [-0.15, -0.1) is 0 Å². The van der Waals surface area contributed by atoms with Crippen LogP contribution < -0.4 is 0 Å². The summed E-state index contributed by atoms with van der Waals surface area (Å²) in [5, 5.41) is 0.656. The molecule has 1 aliphatic heterocycles. The van der Waals surface area contributed by atoms with Crippen LogP contribution in [0.1, 0.15) is 31.4 Å². The van der Waals surface area contributed by atoms with E-state index in [4.69, 9.17) is 0 Å². The summed E-state index contributed by atoms with van der Waals surface area (Å²) >= 11 is 1.46. The Kier molecular flexibility index (Phi) is 5.88. The van der Waals surface area contributed by atoms with Gasteiger partial charge in [0.1, 0.15) is 0 Å². The molecule has 136 valence electrons. The Morgan fingerprint density at radius 3 is 2.58 bits per heavy atom. The van der Waals surface area contributed by atoms with Crippen LogP contribution in [0, 0.1) is 0 Å². The van der Waals surface area contributed by atoms with E-state index in [0.717, 1.165) is 12.0 Å². The van der Waals surface area contributed by atoms with Crippen molar-refractivity contribution in [2.75, 3.05) is 12.8 Å². The number of hydrogen-bond donors (Lipinski definition) is 0. The molecule has 7 heteroatoms. The van der Waals surface area contributed by atoms with Gasteiger partial charge in [-0.3, -0.25) is 9.69 Å². The normalized spacial score (nSPS) is 17.5. The molecule has 1 aromatic carbocycles. The first kappa shape index (κ1) is 18.4. The number of aromatic nitrogens is 2. The molecule has 0 radical (unpaired) electrons. The topological polar surface area (TPSA) is 66.4 Å². The number of carbonyl (C=O) groups excluding carboxylic acids is 2. The third kappa shape index (κ3) is 3.88. The Morgan fingerprint density at radius 1 is 1.27 bits per heavy atom. The van der Waals surface area contributed by atoms with E-state index in [0.29, 0.717) is 17.3 Å². The molecule has 2 aromatic rings. The van der Waals surface area contributed by atoms with Crippen LogP contribution in [0.15, 0.2) is 53.9 Å². The summed E-state index contributed by atoms with van der Waals surface area (Å²) in [6, 6.07) is 11.3. The first-order valence-corrected chi connectivity index (χ1v) is 9.64. The van der Waals surface area contributed by atoms with E-state index in [1.165, 1.54) is 16.7 Å². The molecule has 0 bridgehead atoms. The molecule has 1 aromatic heterocycles. The maximum atomic E-state index is 12.9. The molecular weight excluding hydrogens is 348 g/mol. The van der Waals surface area contributed by atoms with E-state index in [-0.39, 0.29) is 24.0 Å². The Morgan fingerprint density at radius 2 is 1.96 bits per heavy atom. The van der Waals surface area contributed by atoms with Crippen molar-refractivity contribution in [3.8, 4) is 0 Å². The van der Waals surface area contributed by atoms with Crippen LogP contribution in [0.25, 0.3) is 0 Å². The average molecular weight is 370 g/mol. The number of amides is 3. The number of rotatable bonds is 6. The third-order valence-electron chi connectivity index (χ3n) is 4.54. The zero-order chi connectivity index (χ0) is 18.5. The van der Waals surface area contributed by atoms with Gasteiger partial charge in [-0.2, -0.15) is 0 Å². The monoisotopic (exact) mass is 370 g/mol. The highest BCUT2D eigenvalue weighted by molar-refractivity contribution is 7.99. The lowest BCUT2D eigenvalue weighted by Gasteiger charge is -2.42. The highest BCUT2D eigenvalue weighted by atomic mass is 32.2. The number of benzene rings is 1. The van der Waals surface area contributed by atoms with Crippen molar-refractivity contribution >= 4 is 23.7 Å². The van der Waals surface area contributed by atoms with Gasteiger partial charge < -0.3 is 4.90 Å². The predicted molar refractivity (Wildman–Crippen MR) is 101 cm³/mol. The van der Waals surface area contributed by atoms with E-state index < -0.39 is 0 Å². The van der Waals surface area contributed by atoms with E-state index in [1.807, 2.05) is 37.3 Å². The van der Waals surface area contributed by atoms with Crippen molar-refractivity contribution in [1.29, 1.82) is 0 Å². The smallest absolute Gasteiger partial charge is 0.320 e. The predicted octanol–water partition coefficient (Wildman–Crippen LogP) is 3.37. The van der Waals surface area contributed by atoms with Crippen molar-refractivity contribution in [3.63, 3.8) is 0 Å². The van der Waals surface area contributed by atoms with Gasteiger partial charge in [0.2, 0.25) is 5.91 Å². The first-order chi connectivity index (χ1) is 12.6. The molecule has 0 spiro atoms. The molecule has 0 N–H and O–H groups in total. The van der Waals surface area contributed by atoms with Gasteiger partial charge in [-0.05, 0) is 18.1 Å². The minimum Gasteiger partial charge on any atom is -0.320 e. The van der Waals surface area contributed by atoms with Gasteiger partial charge in [0.15, 0.2) is 5.16 Å². The molecule has 2 heterocycles. The molecule has 3 amide bonds. The third-order valence-corrected chi connectivity index (χ3v) is 5.56. The first-order valence-electron chi connectivity index (χ1n) is 8.65. The highest BCUT2D eigenvalue weighted by Gasteiger charge is 2.43. The van der Waals surface area contributed by atoms with Crippen molar-refractivity contribution in [2.24, 2.45) is 0 Å². The Hall–Kier alpha value is -2.41. The van der Waals surface area contributed by atoms with Crippen molar-refractivity contribution in [3.05, 3.63) is 54.4 Å². The second-order valence-corrected chi connectivity index (χ2v) is 7.18. The van der Waals surface area contributed by atoms with Crippen LogP contribution in [0.5, 0.6) is 0 Å². The van der Waals surface area contributed by atoms with Crippen LogP contribution >= 0.6 is 11.8 Å². The maximum Gasteiger partial charge on any atom is 0.327 e. The van der Waals surface area contributed by atoms with Crippen LogP contribution in [-0.2, 0) is 4.79 Å². The van der Waals surface area contributed by atoms with Gasteiger partial charge in [-0.1, -0.05) is 49.0 Å². The molecule has 0 aliphatic carbocycles. The van der Waals surface area contributed by atoms with E-state index in [2.05, 4.69) is 9.97 Å². The molecule has 1 saturated heterocycles. The van der Waals surface area contributed by atoms with Crippen molar-refractivity contribution in [2.45, 2.75) is 37.0 Å². The number of imide groups is 1. The van der Waals surface area contributed by atoms with Crippen molar-refractivity contribution in [1.82, 2.24) is 19.8 Å². The number of hydrogen-bond acceptors (Lipinski definition) is 5. The van der Waals surface area contributed by atoms with Gasteiger partial charge in [0.05, 0.1) is 12.1 Å². The summed E-state index contributed by atoms with van der Waals surface area (Å²) in [5.41, 5.74) is 1.07. The number of nitrogens with zero attached hydrogens (tertiary/aromatic N) is 4. The second-order valence-electron chi connectivity index (χ2n) is 6.19. The standard InChI is InChI=1S/C19H22N4O2S/c1-3-16(14-8-5-4-6-9-14)22(2)19(25)23-15(12-17(23)24)13-26-18-20-10-7-11-21-18/h4-11,15-16H,3,12-13H2,1-2H3/t15-,16+/m1/s1. The minimum absolute atomic E-state index is 0.0529. The number of likely N-dealkylation sites (tertiary alicyclic amines) is 1. The lowest BCUT2D eigenvalue weighted by molar-refractivity contribution is -0.140. The zero-order valence-electron chi connectivity index (χ0n) is 14.9. The molecule has 6 nitrogen and oxygen atoms in total. The van der Waals surface area contributed by atoms with E-state index in [9.17, 15) is 9.59 Å². The van der Waals surface area contributed by atoms with E-state index >= 15 is 0 Å². The fourth-order valence-corrected chi connectivity index (χ4v) is 4.00. The molecule has 2 atom stereocenters. The Labute approximate surface area is 157 Å². The summed E-state index contributed by atoms with van der Waals surface area (Å²) in [7, 11) is 1.76. The maximum absolute atomic E-state index is 12.9. The summed E-state index contributed by atoms with van der Waals surface area (Å²) in [6.45, 7) is 2.04. The summed E-state index contributed by atoms with van der Waals surface area (Å²) < 4.78 is 0. The zero-order valence-corrected chi connectivity index (χ0v) is 15.7. The fourth-order valence-electron chi connectivity index (χ4n) is 3.12. The molecular formula is C19H22N4O2S. The number of urea groups is 1. The molecule has 3 rings (SSSR count). The van der Waals surface area contributed by atoms with Gasteiger partial charge in [0, 0.05) is 31.6 Å². The lowest BCUT2D eigenvalue weighted by Crippen LogP contribution is -2.60. The van der Waals surface area contributed by atoms with Gasteiger partial charge in [-0.25, -0.2) is 14.8 Å². The van der Waals surface area contributed by atoms with Crippen molar-refractivity contribution < 1.29 is 9.59 Å². The summed E-state index contributed by atoms with van der Waals surface area (Å²) in [6.07, 6.45) is 4.54. The van der Waals surface area contributed by atoms with Crippen LogP contribution in [-0.4, -0.2) is 50.5 Å². The van der Waals surface area contributed by atoms with Gasteiger partial charge >= 0.3 is 6.03 Å². The van der Waals surface area contributed by atoms with Gasteiger partial charge in [0.25, 0.3) is 0 Å². The lowest BCUT2D eigenvalue weighted by atomic mass is 10.0. The largest absolute Gasteiger partial charge is 0.327 e. The minimum atomic E-state index is -0.239. The number of carbonyl (C=O) groups is 2. The molecule has 1 fully saturated rings. The number of thioether (sulfide) groups is 1. The highest BCUT2D eigenvalue weighted by Crippen LogP contribution is 2.30. The fraction of sp³-hybridized carbons (Fsp3) is 0.368. The summed E-state index contributed by atoms with van der Waals surface area (Å²) in [4.78, 5) is 36.4. The van der Waals surface area contributed by atoms with Crippen LogP contribution in [0.3, 0.4) is 0 Å². The molecule has 0 unspecified atom stereocenters. The Bertz CT molecular complexity index is 757. The van der Waals surface area contributed by atoms with E-state index in [1.54, 1.807) is 30.4 Å². The SMILES string of the molecule is CC[C@@H](c1ccccc1)N(C)C(=O)N1C(=O)C[C@@H]1CSc1ncccn1. The summed E-state index contributed by atoms with van der Waals surface area (Å²) in [5.74, 6) is 0.488. The molecule has 0 saturated carbocycles. The number of β-lactam (4-membered cyclic amide) rings is 1. The molecule has 1 aliphatic rings. The quantitative estimate of drug-likeness (QED) is 0.443.